The van der Waals surface area contributed by atoms with Gasteiger partial charge in [-0.05, 0) is 37.8 Å². The Kier molecular flexibility index (Phi) is 7.04. The number of amides is 2. The predicted octanol–water partition coefficient (Wildman–Crippen LogP) is 4.90. The van der Waals surface area contributed by atoms with E-state index < -0.39 is 0 Å². The number of anilines is 2. The fourth-order valence-corrected chi connectivity index (χ4v) is 4.14. The molecule has 2 N–H and O–H groups in total. The number of aromatic nitrogens is 1. The van der Waals surface area contributed by atoms with E-state index in [1.54, 1.807) is 12.3 Å². The molecule has 5 nitrogen and oxygen atoms in total. The van der Waals surface area contributed by atoms with Crippen LogP contribution in [-0.4, -0.2) is 16.8 Å². The van der Waals surface area contributed by atoms with Crippen LogP contribution in [0.4, 0.5) is 11.5 Å². The van der Waals surface area contributed by atoms with Crippen molar-refractivity contribution in [2.75, 3.05) is 10.6 Å². The number of rotatable bonds is 4. The van der Waals surface area contributed by atoms with Crippen molar-refractivity contribution in [2.45, 2.75) is 77.0 Å². The molecule has 1 heterocycles. The van der Waals surface area contributed by atoms with Gasteiger partial charge in [-0.25, -0.2) is 4.98 Å². The number of hydrogen-bond donors (Lipinski definition) is 2. The smallest absolute Gasteiger partial charge is 0.228 e. The van der Waals surface area contributed by atoms with Gasteiger partial charge in [0.15, 0.2) is 5.82 Å². The zero-order valence-electron chi connectivity index (χ0n) is 15.6. The Morgan fingerprint density at radius 2 is 1.27 bits per heavy atom. The van der Waals surface area contributed by atoms with E-state index in [1.807, 2.05) is 6.07 Å². The predicted molar refractivity (Wildman–Crippen MR) is 104 cm³/mol. The molecule has 5 heteroatoms. The standard InChI is InChI=1S/C21H31N3O2/c25-20(16-10-5-1-2-6-11-16)23-18-14-9-15-22-19(18)24-21(26)17-12-7-3-4-8-13-17/h9,14-17H,1-8,10-13H2,(H,23,25)(H,22,24,26). The lowest BCUT2D eigenvalue weighted by molar-refractivity contribution is -0.121. The van der Waals surface area contributed by atoms with Crippen LogP contribution in [0, 0.1) is 11.8 Å². The van der Waals surface area contributed by atoms with E-state index in [1.165, 1.54) is 25.7 Å². The van der Waals surface area contributed by atoms with Crippen molar-refractivity contribution in [1.82, 2.24) is 4.98 Å². The van der Waals surface area contributed by atoms with Crippen molar-refractivity contribution in [3.63, 3.8) is 0 Å². The molecule has 2 aliphatic rings. The number of nitrogens with one attached hydrogen (secondary N) is 2. The van der Waals surface area contributed by atoms with E-state index in [4.69, 9.17) is 0 Å². The van der Waals surface area contributed by atoms with Crippen LogP contribution in [0.3, 0.4) is 0 Å². The summed E-state index contributed by atoms with van der Waals surface area (Å²) in [6, 6.07) is 3.62. The summed E-state index contributed by atoms with van der Waals surface area (Å²) in [6.45, 7) is 0. The van der Waals surface area contributed by atoms with Gasteiger partial charge in [-0.15, -0.1) is 0 Å². The first-order chi connectivity index (χ1) is 12.7. The first-order valence-electron chi connectivity index (χ1n) is 10.3. The molecule has 2 amide bonds. The van der Waals surface area contributed by atoms with Crippen LogP contribution >= 0.6 is 0 Å². The Morgan fingerprint density at radius 1 is 0.769 bits per heavy atom. The molecule has 1 aromatic rings. The van der Waals surface area contributed by atoms with Gasteiger partial charge < -0.3 is 10.6 Å². The minimum Gasteiger partial charge on any atom is -0.323 e. The largest absolute Gasteiger partial charge is 0.323 e. The number of carbonyl (C=O) groups is 2. The average molecular weight is 357 g/mol. The third-order valence-electron chi connectivity index (χ3n) is 5.76. The molecule has 0 saturated heterocycles. The van der Waals surface area contributed by atoms with Gasteiger partial charge in [0.25, 0.3) is 0 Å². The van der Waals surface area contributed by atoms with Crippen LogP contribution in [0.25, 0.3) is 0 Å². The first-order valence-corrected chi connectivity index (χ1v) is 10.3. The van der Waals surface area contributed by atoms with Crippen LogP contribution in [0.2, 0.25) is 0 Å². The molecule has 0 unspecified atom stereocenters. The zero-order chi connectivity index (χ0) is 18.2. The van der Waals surface area contributed by atoms with E-state index >= 15 is 0 Å². The maximum atomic E-state index is 12.7. The third kappa shape index (κ3) is 5.29. The highest BCUT2D eigenvalue weighted by molar-refractivity contribution is 5.99. The molecule has 2 fully saturated rings. The second-order valence-electron chi connectivity index (χ2n) is 7.76. The van der Waals surface area contributed by atoms with Crippen molar-refractivity contribution in [3.05, 3.63) is 18.3 Å². The molecule has 142 valence electrons. The van der Waals surface area contributed by atoms with Gasteiger partial charge in [0.2, 0.25) is 11.8 Å². The molecule has 3 rings (SSSR count). The zero-order valence-corrected chi connectivity index (χ0v) is 15.6. The molecular weight excluding hydrogens is 326 g/mol. The topological polar surface area (TPSA) is 71.1 Å². The number of pyridine rings is 1. The fraction of sp³-hybridized carbons (Fsp3) is 0.667. The molecule has 26 heavy (non-hydrogen) atoms. The normalized spacial score (nSPS) is 20.0. The van der Waals surface area contributed by atoms with Gasteiger partial charge in [0.1, 0.15) is 0 Å². The van der Waals surface area contributed by atoms with Crippen LogP contribution in [-0.2, 0) is 9.59 Å². The maximum absolute atomic E-state index is 12.7. The van der Waals surface area contributed by atoms with E-state index in [2.05, 4.69) is 15.6 Å². The molecule has 0 aromatic carbocycles. The Balaban J connectivity index is 1.63. The van der Waals surface area contributed by atoms with Gasteiger partial charge in [0, 0.05) is 18.0 Å². The monoisotopic (exact) mass is 357 g/mol. The Morgan fingerprint density at radius 3 is 1.81 bits per heavy atom. The summed E-state index contributed by atoms with van der Waals surface area (Å²) in [5.41, 5.74) is 0.615. The second-order valence-corrected chi connectivity index (χ2v) is 7.76. The minimum atomic E-state index is 0.0376. The molecule has 0 spiro atoms. The fourth-order valence-electron chi connectivity index (χ4n) is 4.14. The van der Waals surface area contributed by atoms with Gasteiger partial charge in [-0.3, -0.25) is 9.59 Å². The Bertz CT molecular complexity index is 548. The van der Waals surface area contributed by atoms with Crippen LogP contribution in [0.15, 0.2) is 18.3 Å². The summed E-state index contributed by atoms with van der Waals surface area (Å²) in [5.74, 6) is 0.706. The van der Waals surface area contributed by atoms with E-state index in [0.29, 0.717) is 11.5 Å². The molecular formula is C21H31N3O2. The van der Waals surface area contributed by atoms with Crippen molar-refractivity contribution in [1.29, 1.82) is 0 Å². The molecule has 2 saturated carbocycles. The summed E-state index contributed by atoms with van der Waals surface area (Å²) in [5, 5.41) is 5.98. The third-order valence-corrected chi connectivity index (χ3v) is 5.76. The average Bonchev–Trinajstić information content (AvgIpc) is 3.08. The van der Waals surface area contributed by atoms with Gasteiger partial charge >= 0.3 is 0 Å². The number of carbonyl (C=O) groups excluding carboxylic acids is 2. The van der Waals surface area contributed by atoms with Crippen molar-refractivity contribution in [3.8, 4) is 0 Å². The number of nitrogens with zero attached hydrogens (tertiary/aromatic N) is 1. The van der Waals surface area contributed by atoms with Gasteiger partial charge in [0.05, 0.1) is 5.69 Å². The highest BCUT2D eigenvalue weighted by Gasteiger charge is 2.23. The maximum Gasteiger partial charge on any atom is 0.228 e. The number of hydrogen-bond acceptors (Lipinski definition) is 3. The molecule has 2 aliphatic carbocycles. The highest BCUT2D eigenvalue weighted by Crippen LogP contribution is 2.28. The lowest BCUT2D eigenvalue weighted by Gasteiger charge is -2.18. The van der Waals surface area contributed by atoms with E-state index in [0.717, 1.165) is 51.4 Å². The van der Waals surface area contributed by atoms with Gasteiger partial charge in [-0.1, -0.05) is 51.4 Å². The summed E-state index contributed by atoms with van der Waals surface area (Å²) in [7, 11) is 0. The Labute approximate surface area is 156 Å². The minimum absolute atomic E-state index is 0.0376. The molecule has 0 aliphatic heterocycles. The lowest BCUT2D eigenvalue weighted by Crippen LogP contribution is -2.26. The van der Waals surface area contributed by atoms with Crippen molar-refractivity contribution >= 4 is 23.3 Å². The lowest BCUT2D eigenvalue weighted by atomic mass is 9.99. The van der Waals surface area contributed by atoms with Crippen molar-refractivity contribution in [2.24, 2.45) is 11.8 Å². The van der Waals surface area contributed by atoms with Crippen molar-refractivity contribution < 1.29 is 9.59 Å². The summed E-state index contributed by atoms with van der Waals surface area (Å²) in [6.07, 6.45) is 14.8. The highest BCUT2D eigenvalue weighted by atomic mass is 16.2. The molecule has 0 atom stereocenters. The van der Waals surface area contributed by atoms with E-state index in [-0.39, 0.29) is 23.7 Å². The quantitative estimate of drug-likeness (QED) is 0.753. The molecule has 0 bridgehead atoms. The summed E-state index contributed by atoms with van der Waals surface area (Å²) >= 11 is 0. The summed E-state index contributed by atoms with van der Waals surface area (Å²) < 4.78 is 0. The second kappa shape index (κ2) is 9.70. The van der Waals surface area contributed by atoms with Crippen LogP contribution in [0.5, 0.6) is 0 Å². The summed E-state index contributed by atoms with van der Waals surface area (Å²) in [4.78, 5) is 29.6. The molecule has 0 radical (unpaired) electrons. The van der Waals surface area contributed by atoms with Crippen LogP contribution < -0.4 is 10.6 Å². The SMILES string of the molecule is O=C(Nc1cccnc1NC(=O)C1CCCCCC1)C1CCCCCC1. The Hall–Kier alpha value is -1.91. The van der Waals surface area contributed by atoms with Gasteiger partial charge in [-0.2, -0.15) is 0 Å². The first kappa shape index (κ1) is 18.9. The van der Waals surface area contributed by atoms with E-state index in [9.17, 15) is 9.59 Å². The van der Waals surface area contributed by atoms with Crippen LogP contribution in [0.1, 0.15) is 77.0 Å². The molecule has 1 aromatic heterocycles.